The van der Waals surface area contributed by atoms with E-state index >= 15 is 0 Å². The number of rotatable bonds is 22. The van der Waals surface area contributed by atoms with Crippen LogP contribution in [0.3, 0.4) is 0 Å². The summed E-state index contributed by atoms with van der Waals surface area (Å²) in [5.74, 6) is 0.533. The van der Waals surface area contributed by atoms with Crippen LogP contribution >= 0.6 is 0 Å². The number of anilines is 4. The van der Waals surface area contributed by atoms with Crippen molar-refractivity contribution < 1.29 is 46.8 Å². The van der Waals surface area contributed by atoms with Crippen LogP contribution in [0.1, 0.15) is 83.5 Å². The third-order valence-electron chi connectivity index (χ3n) is 15.0. The predicted octanol–water partition coefficient (Wildman–Crippen LogP) is 8.89. The molecule has 2 aliphatic heterocycles. The number of pyridine rings is 2. The Kier molecular flexibility index (Phi) is 17.5. The van der Waals surface area contributed by atoms with Crippen molar-refractivity contribution in [1.82, 2.24) is 54.4 Å². The van der Waals surface area contributed by atoms with E-state index in [9.17, 15) is 23.1 Å². The highest BCUT2D eigenvalue weighted by atomic mass is 19.1. The molecule has 4 aliphatic rings. The van der Waals surface area contributed by atoms with Gasteiger partial charge < -0.3 is 39.4 Å². The number of fused-ring (bicyclic) bond motifs is 2. The average Bonchev–Trinajstić information content (AvgIpc) is 3.93. The number of aliphatic hydroxyl groups excluding tert-OH is 1. The van der Waals surface area contributed by atoms with Crippen molar-refractivity contribution in [2.45, 2.75) is 78.3 Å². The second-order valence-electron chi connectivity index (χ2n) is 20.7. The van der Waals surface area contributed by atoms with Crippen molar-refractivity contribution in [2.24, 2.45) is 5.41 Å². The van der Waals surface area contributed by atoms with Crippen LogP contribution in [0.5, 0.6) is 17.2 Å². The number of ether oxygens (including phenoxy) is 5. The lowest BCUT2D eigenvalue weighted by atomic mass is 9.88. The first-order valence-electron chi connectivity index (χ1n) is 28.1. The topological polar surface area (TPSA) is 224 Å². The quantitative estimate of drug-likeness (QED) is 0.0539. The molecule has 0 unspecified atom stereocenters. The van der Waals surface area contributed by atoms with Crippen LogP contribution in [0.2, 0.25) is 0 Å². The molecule has 0 atom stereocenters. The van der Waals surface area contributed by atoms with Gasteiger partial charge in [0.1, 0.15) is 53.4 Å². The highest BCUT2D eigenvalue weighted by Crippen LogP contribution is 2.38. The van der Waals surface area contributed by atoms with E-state index in [4.69, 9.17) is 43.8 Å². The molecule has 12 rings (SSSR count). The number of esters is 1. The highest BCUT2D eigenvalue weighted by molar-refractivity contribution is 5.96. The van der Waals surface area contributed by atoms with Crippen LogP contribution in [-0.4, -0.2) is 131 Å². The molecule has 2 aliphatic carbocycles. The zero-order chi connectivity index (χ0) is 57.3. The summed E-state index contributed by atoms with van der Waals surface area (Å²) < 4.78 is 75.8. The van der Waals surface area contributed by atoms with Crippen molar-refractivity contribution >= 4 is 29.0 Å². The molecule has 83 heavy (non-hydrogen) atoms. The minimum absolute atomic E-state index is 0.0355. The molecular weight excluding hydrogens is 1070 g/mol. The molecule has 3 N–H and O–H groups in total. The summed E-state index contributed by atoms with van der Waals surface area (Å²) in [6, 6.07) is 14.5. The van der Waals surface area contributed by atoms with Crippen molar-refractivity contribution in [3.05, 3.63) is 148 Å². The van der Waals surface area contributed by atoms with Crippen LogP contribution in [0, 0.1) is 22.9 Å². The Balaban J connectivity index is 0.000000174. The van der Waals surface area contributed by atoms with E-state index in [1.165, 1.54) is 37.2 Å². The predicted molar refractivity (Wildman–Crippen MR) is 301 cm³/mol. The van der Waals surface area contributed by atoms with Gasteiger partial charge in [-0.2, -0.15) is 10.2 Å². The van der Waals surface area contributed by atoms with E-state index in [1.807, 2.05) is 22.9 Å². The second kappa shape index (κ2) is 25.7. The Morgan fingerprint density at radius 2 is 1.35 bits per heavy atom. The first-order valence-corrected chi connectivity index (χ1v) is 28.1. The summed E-state index contributed by atoms with van der Waals surface area (Å²) in [7, 11) is 0. The van der Waals surface area contributed by atoms with Gasteiger partial charge in [0.05, 0.1) is 69.6 Å². The van der Waals surface area contributed by atoms with E-state index < -0.39 is 23.0 Å². The third kappa shape index (κ3) is 12.8. The van der Waals surface area contributed by atoms with Gasteiger partial charge in [0, 0.05) is 82.8 Å². The maximum atomic E-state index is 14.9. The van der Waals surface area contributed by atoms with Crippen LogP contribution in [-0.2, 0) is 48.2 Å². The fourth-order valence-electron chi connectivity index (χ4n) is 10.6. The average molecular weight is 1140 g/mol. The lowest BCUT2D eigenvalue weighted by Crippen LogP contribution is -2.50. The molecule has 8 heterocycles. The molecule has 2 saturated heterocycles. The Labute approximate surface area is 477 Å². The summed E-state index contributed by atoms with van der Waals surface area (Å²) in [5, 5.41) is 26.0. The minimum Gasteiger partial charge on any atom is -0.494 e. The lowest BCUT2D eigenvalue weighted by Gasteiger charge is -2.39. The first-order chi connectivity index (χ1) is 40.6. The molecule has 2 aromatic carbocycles. The maximum absolute atomic E-state index is 14.9. The number of halogens is 3. The van der Waals surface area contributed by atoms with Gasteiger partial charge in [-0.25, -0.2) is 37.9 Å². The van der Waals surface area contributed by atoms with Gasteiger partial charge >= 0.3 is 5.97 Å². The fraction of sp³-hybridized carbons (Fsp3) is 0.383. The molecule has 23 heteroatoms. The summed E-state index contributed by atoms with van der Waals surface area (Å²) >= 11 is 0. The van der Waals surface area contributed by atoms with Crippen molar-refractivity contribution in [1.29, 1.82) is 0 Å². The molecule has 8 aromatic rings. The molecule has 0 bridgehead atoms. The lowest BCUT2D eigenvalue weighted by molar-refractivity contribution is -0.153. The molecular formula is C60H64F3N13O7. The van der Waals surface area contributed by atoms with E-state index in [-0.39, 0.29) is 49.1 Å². The van der Waals surface area contributed by atoms with E-state index in [1.54, 1.807) is 67.7 Å². The first kappa shape index (κ1) is 56.3. The molecule has 432 valence electrons. The standard InChI is InChI=1S/C30H33F2N7O2.C30H31FN6O5/c1-2-40-21-16-24(31)23(25(32)17-21)19-39-26-7-5-6-22(26)28(37-39)30-34-18-27(41-15-14-38-12-3-4-13-38)29(36-30)35-20-8-10-33-11-9-20;1-2-41-29(39)21-12-32-11-10-23(21)34-27-25(42-18-30(15-38)16-40-17-30)13-33-28(35-27)26-20-7-5-9-24(20)37(36-26)14-19-6-3-4-8-22(19)31/h8-11,16-18H,2-7,12-15,19H2,1H3,(H,33,34,35,36);3-4,6,8,10-13,38H,2,5,7,9,14-18H2,1H3,(H,32,33,34,35). The normalized spacial score (nSPS) is 15.0. The van der Waals surface area contributed by atoms with Crippen LogP contribution in [0.4, 0.5) is 36.2 Å². The van der Waals surface area contributed by atoms with Crippen LogP contribution in [0.15, 0.2) is 91.8 Å². The molecule has 20 nitrogen and oxygen atoms in total. The minimum atomic E-state index is -0.659. The number of hydrogen-bond donors (Lipinski definition) is 3. The SMILES string of the molecule is CCOC(=O)c1cnccc1Nc1nc(-c2nn(Cc3ccccc3F)c3c2CCC3)ncc1OCC1(CO)COC1.CCOc1cc(F)c(Cn2nc(-c3ncc(OCCN4CCCC4)c(Nc4ccncc4)n3)c3c2CCC3)c(F)c1. The van der Waals surface area contributed by atoms with Gasteiger partial charge in [-0.15, -0.1) is 0 Å². The van der Waals surface area contributed by atoms with Gasteiger partial charge in [0.25, 0.3) is 0 Å². The van der Waals surface area contributed by atoms with Crippen molar-refractivity contribution in [2.75, 3.05) is 76.5 Å². The fourth-order valence-corrected chi connectivity index (χ4v) is 10.6. The Hall–Kier alpha value is -8.54. The highest BCUT2D eigenvalue weighted by Gasteiger charge is 2.39. The number of carbonyl (C=O) groups excluding carboxylic acids is 1. The number of likely N-dealkylation sites (tertiary alicyclic amines) is 1. The summed E-state index contributed by atoms with van der Waals surface area (Å²) in [4.78, 5) is 42.0. The summed E-state index contributed by atoms with van der Waals surface area (Å²) in [6.07, 6.45) is 17.1. The van der Waals surface area contributed by atoms with Gasteiger partial charge in [-0.05, 0) is 103 Å². The van der Waals surface area contributed by atoms with E-state index in [0.717, 1.165) is 86.4 Å². The maximum Gasteiger partial charge on any atom is 0.341 e. The molecule has 2 fully saturated rings. The van der Waals surface area contributed by atoms with E-state index in [2.05, 4.69) is 35.5 Å². The summed E-state index contributed by atoms with van der Waals surface area (Å²) in [5.41, 5.74) is 6.74. The Morgan fingerprint density at radius 3 is 1.98 bits per heavy atom. The summed E-state index contributed by atoms with van der Waals surface area (Å²) in [6.45, 7) is 8.73. The monoisotopic (exact) mass is 1140 g/mol. The molecule has 0 radical (unpaired) electrons. The van der Waals surface area contributed by atoms with Crippen LogP contribution < -0.4 is 24.8 Å². The van der Waals surface area contributed by atoms with E-state index in [0.29, 0.717) is 90.4 Å². The zero-order valence-corrected chi connectivity index (χ0v) is 46.3. The number of aliphatic hydroxyl groups is 1. The zero-order valence-electron chi connectivity index (χ0n) is 46.3. The number of carbonyl (C=O) groups is 1. The molecule has 0 saturated carbocycles. The van der Waals surface area contributed by atoms with Crippen LogP contribution in [0.25, 0.3) is 23.0 Å². The van der Waals surface area contributed by atoms with Gasteiger partial charge in [0.2, 0.25) is 0 Å². The third-order valence-corrected chi connectivity index (χ3v) is 15.0. The Bertz CT molecular complexity index is 3550. The second-order valence-corrected chi connectivity index (χ2v) is 20.7. The largest absolute Gasteiger partial charge is 0.494 e. The van der Waals surface area contributed by atoms with Gasteiger partial charge in [-0.3, -0.25) is 24.2 Å². The number of aromatic nitrogens is 10. The van der Waals surface area contributed by atoms with Crippen molar-refractivity contribution in [3.63, 3.8) is 0 Å². The van der Waals surface area contributed by atoms with Crippen molar-refractivity contribution in [3.8, 4) is 40.3 Å². The van der Waals surface area contributed by atoms with Gasteiger partial charge in [-0.1, -0.05) is 18.2 Å². The smallest absolute Gasteiger partial charge is 0.341 e. The number of hydrogen-bond acceptors (Lipinski definition) is 18. The molecule has 0 amide bonds. The number of nitrogens with zero attached hydrogens (tertiary/aromatic N) is 11. The Morgan fingerprint density at radius 1 is 0.711 bits per heavy atom. The number of nitrogens with one attached hydrogen (secondary N) is 2. The number of benzene rings is 2. The molecule has 0 spiro atoms. The molecule has 6 aromatic heterocycles. The van der Waals surface area contributed by atoms with Gasteiger partial charge in [0.15, 0.2) is 34.8 Å².